The van der Waals surface area contributed by atoms with E-state index in [0.717, 1.165) is 25.5 Å². The summed E-state index contributed by atoms with van der Waals surface area (Å²) < 4.78 is 46.1. The highest BCUT2D eigenvalue weighted by Gasteiger charge is 2.37. The number of likely N-dealkylation sites (tertiary alicyclic amines) is 1. The molecule has 0 unspecified atom stereocenters. The molecule has 0 bridgehead atoms. The van der Waals surface area contributed by atoms with E-state index in [1.807, 2.05) is 0 Å². The summed E-state index contributed by atoms with van der Waals surface area (Å²) in [4.78, 5) is 14.0. The highest BCUT2D eigenvalue weighted by molar-refractivity contribution is 5.91. The number of carbonyl (C=O) groups excluding carboxylic acids is 1. The van der Waals surface area contributed by atoms with Crippen molar-refractivity contribution in [3.63, 3.8) is 0 Å². The summed E-state index contributed by atoms with van der Waals surface area (Å²) in [6.45, 7) is 5.33. The van der Waals surface area contributed by atoms with Gasteiger partial charge in [-0.15, -0.1) is 0 Å². The summed E-state index contributed by atoms with van der Waals surface area (Å²) in [5, 5.41) is 10.4. The van der Waals surface area contributed by atoms with E-state index in [1.165, 1.54) is 6.07 Å². The normalized spacial score (nSPS) is 18.3. The third-order valence-corrected chi connectivity index (χ3v) is 5.21. The third kappa shape index (κ3) is 5.21. The maximum Gasteiger partial charge on any atom is 0.420 e. The van der Waals surface area contributed by atoms with Crippen molar-refractivity contribution in [1.82, 2.24) is 4.90 Å². The Hall–Kier alpha value is -2.28. The lowest BCUT2D eigenvalue weighted by atomic mass is 9.93. The molecule has 1 fully saturated rings. The van der Waals surface area contributed by atoms with Gasteiger partial charge in [0.1, 0.15) is 11.3 Å². The van der Waals surface area contributed by atoms with Gasteiger partial charge in [-0.05, 0) is 56.2 Å². The van der Waals surface area contributed by atoms with Gasteiger partial charge in [-0.1, -0.05) is 24.3 Å². The summed E-state index contributed by atoms with van der Waals surface area (Å²) in [5.74, 6) is -0.868. The minimum atomic E-state index is -4.65. The molecule has 1 aliphatic heterocycles. The molecule has 0 radical (unpaired) electrons. The summed E-state index contributed by atoms with van der Waals surface area (Å²) >= 11 is 0. The molecule has 0 aliphatic carbocycles. The molecular weight excluding hydrogens is 383 g/mol. The number of halogens is 3. The Morgan fingerprint density at radius 2 is 2.03 bits per heavy atom. The van der Waals surface area contributed by atoms with Gasteiger partial charge in [0.25, 0.3) is 0 Å². The predicted octanol–water partition coefficient (Wildman–Crippen LogP) is 5.12. The van der Waals surface area contributed by atoms with Gasteiger partial charge in [0.15, 0.2) is 0 Å². The van der Waals surface area contributed by atoms with E-state index in [2.05, 4.69) is 4.90 Å². The Morgan fingerprint density at radius 1 is 1.28 bits per heavy atom. The van der Waals surface area contributed by atoms with Gasteiger partial charge in [0.2, 0.25) is 0 Å². The number of carbonyl (C=O) groups is 1. The van der Waals surface area contributed by atoms with Gasteiger partial charge in [-0.3, -0.25) is 9.69 Å². The van der Waals surface area contributed by atoms with Crippen LogP contribution in [-0.4, -0.2) is 35.2 Å². The van der Waals surface area contributed by atoms with Gasteiger partial charge in [-0.25, -0.2) is 0 Å². The second kappa shape index (κ2) is 8.61. The number of phenols is 1. The van der Waals surface area contributed by atoms with Crippen molar-refractivity contribution in [2.45, 2.75) is 51.9 Å². The largest absolute Gasteiger partial charge is 0.507 e. The molecule has 3 rings (SSSR count). The molecule has 1 saturated heterocycles. The Kier molecular flexibility index (Phi) is 6.36. The number of phenolic OH excluding ortho intramolecular Hbond substituents is 1. The molecule has 1 atom stereocenters. The number of ether oxygens (including phenoxy) is 1. The van der Waals surface area contributed by atoms with E-state index < -0.39 is 17.5 Å². The van der Waals surface area contributed by atoms with Gasteiger partial charge in [-0.2, -0.15) is 13.2 Å². The van der Waals surface area contributed by atoms with Gasteiger partial charge < -0.3 is 9.84 Å². The van der Waals surface area contributed by atoms with E-state index in [4.69, 9.17) is 4.74 Å². The fourth-order valence-electron chi connectivity index (χ4n) is 4.11. The van der Waals surface area contributed by atoms with Crippen LogP contribution in [0.1, 0.15) is 44.2 Å². The lowest BCUT2D eigenvalue weighted by Gasteiger charge is -2.33. The maximum atomic E-state index is 13.6. The van der Waals surface area contributed by atoms with Crippen LogP contribution in [0, 0.1) is 5.92 Å². The van der Waals surface area contributed by atoms with E-state index in [1.54, 1.807) is 32.0 Å². The predicted molar refractivity (Wildman–Crippen MR) is 104 cm³/mol. The number of aromatic hydroxyl groups is 1. The minimum absolute atomic E-state index is 0.0429. The highest BCUT2D eigenvalue weighted by atomic mass is 19.4. The first-order valence-corrected chi connectivity index (χ1v) is 9.87. The smallest absolute Gasteiger partial charge is 0.420 e. The molecule has 0 amide bonds. The third-order valence-electron chi connectivity index (χ3n) is 5.21. The summed E-state index contributed by atoms with van der Waals surface area (Å²) in [7, 11) is 0. The lowest BCUT2D eigenvalue weighted by molar-refractivity contribution is -0.149. The number of rotatable bonds is 5. The number of fused-ring (bicyclic) bond motifs is 1. The van der Waals surface area contributed by atoms with Crippen LogP contribution in [0.5, 0.6) is 5.75 Å². The molecule has 2 aromatic rings. The van der Waals surface area contributed by atoms with Crippen molar-refractivity contribution in [3.05, 3.63) is 41.5 Å². The van der Waals surface area contributed by atoms with E-state index in [0.29, 0.717) is 30.5 Å². The molecule has 1 aliphatic rings. The number of hydrogen-bond donors (Lipinski definition) is 1. The first-order valence-electron chi connectivity index (χ1n) is 9.87. The average Bonchev–Trinajstić information content (AvgIpc) is 2.60. The van der Waals surface area contributed by atoms with Crippen molar-refractivity contribution >= 4 is 16.7 Å². The minimum Gasteiger partial charge on any atom is -0.507 e. The molecule has 1 heterocycles. The van der Waals surface area contributed by atoms with Crippen LogP contribution in [0.2, 0.25) is 0 Å². The lowest BCUT2D eigenvalue weighted by Crippen LogP contribution is -2.36. The molecule has 4 nitrogen and oxygen atoms in total. The molecule has 29 heavy (non-hydrogen) atoms. The maximum absolute atomic E-state index is 13.6. The highest BCUT2D eigenvalue weighted by Crippen LogP contribution is 2.42. The summed E-state index contributed by atoms with van der Waals surface area (Å²) in [6, 6.07) is 7.62. The van der Waals surface area contributed by atoms with Crippen molar-refractivity contribution < 1.29 is 27.8 Å². The topological polar surface area (TPSA) is 49.8 Å². The van der Waals surface area contributed by atoms with Crippen molar-refractivity contribution in [2.24, 2.45) is 5.92 Å². The summed E-state index contributed by atoms with van der Waals surface area (Å²) in [6.07, 6.45) is -2.72. The van der Waals surface area contributed by atoms with Crippen LogP contribution >= 0.6 is 0 Å². The Balaban J connectivity index is 1.83. The number of benzene rings is 2. The molecule has 0 saturated carbocycles. The fourth-order valence-corrected chi connectivity index (χ4v) is 4.11. The van der Waals surface area contributed by atoms with E-state index >= 15 is 0 Å². The molecule has 0 spiro atoms. The number of esters is 1. The van der Waals surface area contributed by atoms with Crippen LogP contribution in [0.25, 0.3) is 10.8 Å². The van der Waals surface area contributed by atoms with Gasteiger partial charge in [0.05, 0.1) is 6.10 Å². The molecule has 7 heteroatoms. The zero-order valence-electron chi connectivity index (χ0n) is 16.6. The van der Waals surface area contributed by atoms with Gasteiger partial charge in [0, 0.05) is 24.9 Å². The van der Waals surface area contributed by atoms with Crippen LogP contribution in [0.3, 0.4) is 0 Å². The van der Waals surface area contributed by atoms with Crippen LogP contribution in [0.4, 0.5) is 13.2 Å². The average molecular weight is 409 g/mol. The Morgan fingerprint density at radius 3 is 2.72 bits per heavy atom. The number of piperidine rings is 1. The quantitative estimate of drug-likeness (QED) is 0.697. The fraction of sp³-hybridized carbons (Fsp3) is 0.500. The molecule has 158 valence electrons. The van der Waals surface area contributed by atoms with Crippen LogP contribution < -0.4 is 0 Å². The standard InChI is InChI=1S/C22H26F3NO3/c1-14(2)29-19(28)11-15-5-4-10-26(12-15)13-17-7-3-6-16-8-9-18(27)21(20(16)17)22(23,24)25/h3,6-9,14-15,27H,4-5,10-13H2,1-2H3/t15-/m1/s1. The van der Waals surface area contributed by atoms with Crippen molar-refractivity contribution in [3.8, 4) is 5.75 Å². The van der Waals surface area contributed by atoms with Crippen molar-refractivity contribution in [1.29, 1.82) is 0 Å². The first-order chi connectivity index (χ1) is 13.6. The van der Waals surface area contributed by atoms with Crippen LogP contribution in [-0.2, 0) is 22.3 Å². The SMILES string of the molecule is CC(C)OC(=O)C[C@H]1CCCN(Cc2cccc3ccc(O)c(C(F)(F)F)c23)C1. The second-order valence-corrected chi connectivity index (χ2v) is 7.96. The zero-order chi connectivity index (χ0) is 21.2. The van der Waals surface area contributed by atoms with E-state index in [9.17, 15) is 23.1 Å². The summed E-state index contributed by atoms with van der Waals surface area (Å²) in [5.41, 5.74) is -0.462. The second-order valence-electron chi connectivity index (χ2n) is 7.96. The van der Waals surface area contributed by atoms with Crippen molar-refractivity contribution in [2.75, 3.05) is 13.1 Å². The molecule has 2 aromatic carbocycles. The number of nitrogens with zero attached hydrogens (tertiary/aromatic N) is 1. The first kappa shape index (κ1) is 21.4. The molecular formula is C22H26F3NO3. The number of hydrogen-bond acceptors (Lipinski definition) is 4. The van der Waals surface area contributed by atoms with Crippen LogP contribution in [0.15, 0.2) is 30.3 Å². The molecule has 0 aromatic heterocycles. The van der Waals surface area contributed by atoms with E-state index in [-0.39, 0.29) is 23.4 Å². The zero-order valence-corrected chi connectivity index (χ0v) is 16.6. The molecule has 1 N–H and O–H groups in total. The Labute approximate surface area is 168 Å². The number of alkyl halides is 3. The monoisotopic (exact) mass is 409 g/mol. The van der Waals surface area contributed by atoms with Gasteiger partial charge >= 0.3 is 12.1 Å². The Bertz CT molecular complexity index is 879.